The molecule has 2 aliphatic carbocycles. The zero-order chi connectivity index (χ0) is 16.4. The van der Waals surface area contributed by atoms with Crippen molar-refractivity contribution in [3.8, 4) is 0 Å². The van der Waals surface area contributed by atoms with E-state index < -0.39 is 5.97 Å². The average molecular weight is 318 g/mol. The minimum Gasteiger partial charge on any atom is -0.480 e. The van der Waals surface area contributed by atoms with E-state index >= 15 is 0 Å². The van der Waals surface area contributed by atoms with Crippen molar-refractivity contribution in [3.63, 3.8) is 0 Å². The number of hydrogen-bond donors (Lipinski definition) is 2. The predicted molar refractivity (Wildman–Crippen MR) is 83.0 cm³/mol. The summed E-state index contributed by atoms with van der Waals surface area (Å²) in [6.07, 6.45) is 6.97. The monoisotopic (exact) mass is 318 g/mol. The van der Waals surface area contributed by atoms with Crippen LogP contribution in [0.4, 0.5) is 0 Å². The Bertz CT molecular complexity index is 597. The lowest BCUT2D eigenvalue weighted by atomic mass is 9.85. The number of carbonyl (C=O) groups excluding carboxylic acids is 1. The van der Waals surface area contributed by atoms with Crippen LogP contribution in [0.25, 0.3) is 0 Å². The van der Waals surface area contributed by atoms with Gasteiger partial charge in [0.05, 0.1) is 17.8 Å². The lowest BCUT2D eigenvalue weighted by Crippen LogP contribution is -2.55. The molecule has 1 heterocycles. The summed E-state index contributed by atoms with van der Waals surface area (Å²) in [5, 5.41) is 12.0. The number of aromatic nitrogens is 2. The molecule has 2 N–H and O–H groups in total. The van der Waals surface area contributed by atoms with Crippen molar-refractivity contribution in [1.82, 2.24) is 20.2 Å². The number of hydrogen-bond acceptors (Lipinski definition) is 5. The number of carboxylic acid groups (broad SMARTS) is 1. The van der Waals surface area contributed by atoms with Gasteiger partial charge in [-0.25, -0.2) is 9.97 Å². The molecule has 3 rings (SSSR count). The third-order valence-electron chi connectivity index (χ3n) is 4.65. The Balaban J connectivity index is 1.50. The Hall–Kier alpha value is -2.02. The molecule has 2 fully saturated rings. The molecular formula is C16H22N4O3. The Morgan fingerprint density at radius 3 is 2.74 bits per heavy atom. The fourth-order valence-corrected chi connectivity index (χ4v) is 3.03. The van der Waals surface area contributed by atoms with Gasteiger partial charge >= 0.3 is 5.97 Å². The SMILES string of the molecule is Cc1ncncc1C(=O)NC1CC(N(CC(=O)O)CC2CC2)C1. The van der Waals surface area contributed by atoms with Gasteiger partial charge in [0.2, 0.25) is 0 Å². The molecule has 23 heavy (non-hydrogen) atoms. The Kier molecular flexibility index (Phi) is 4.56. The van der Waals surface area contributed by atoms with Crippen molar-refractivity contribution >= 4 is 11.9 Å². The van der Waals surface area contributed by atoms with Gasteiger partial charge in [0, 0.05) is 24.8 Å². The quantitative estimate of drug-likeness (QED) is 0.773. The van der Waals surface area contributed by atoms with Crippen LogP contribution in [0, 0.1) is 12.8 Å². The number of aliphatic carboxylic acids is 1. The molecule has 124 valence electrons. The first-order valence-corrected chi connectivity index (χ1v) is 8.06. The summed E-state index contributed by atoms with van der Waals surface area (Å²) in [7, 11) is 0. The second-order valence-electron chi connectivity index (χ2n) is 6.58. The van der Waals surface area contributed by atoms with Crippen molar-refractivity contribution in [2.45, 2.75) is 44.7 Å². The van der Waals surface area contributed by atoms with Crippen molar-refractivity contribution in [3.05, 3.63) is 23.8 Å². The van der Waals surface area contributed by atoms with Gasteiger partial charge in [0.1, 0.15) is 6.33 Å². The van der Waals surface area contributed by atoms with E-state index in [-0.39, 0.29) is 24.5 Å². The molecule has 0 radical (unpaired) electrons. The summed E-state index contributed by atoms with van der Waals surface area (Å²) in [6.45, 7) is 2.74. The summed E-state index contributed by atoms with van der Waals surface area (Å²) >= 11 is 0. The Labute approximate surface area is 135 Å². The zero-order valence-electron chi connectivity index (χ0n) is 13.2. The first kappa shape index (κ1) is 15.9. The van der Waals surface area contributed by atoms with Crippen molar-refractivity contribution in [2.24, 2.45) is 5.92 Å². The third kappa shape index (κ3) is 4.04. The van der Waals surface area contributed by atoms with Crippen LogP contribution in [0.2, 0.25) is 0 Å². The van der Waals surface area contributed by atoms with Gasteiger partial charge in [0.25, 0.3) is 5.91 Å². The van der Waals surface area contributed by atoms with Crippen LogP contribution in [0.3, 0.4) is 0 Å². The first-order chi connectivity index (χ1) is 11.0. The lowest BCUT2D eigenvalue weighted by molar-refractivity contribution is -0.139. The van der Waals surface area contributed by atoms with Crippen molar-refractivity contribution in [1.29, 1.82) is 0 Å². The van der Waals surface area contributed by atoms with Crippen LogP contribution in [-0.2, 0) is 4.79 Å². The van der Waals surface area contributed by atoms with E-state index in [1.54, 1.807) is 6.92 Å². The third-order valence-corrected chi connectivity index (χ3v) is 4.65. The maximum absolute atomic E-state index is 12.2. The molecule has 0 unspecified atom stereocenters. The maximum Gasteiger partial charge on any atom is 0.317 e. The van der Waals surface area contributed by atoms with Crippen LogP contribution < -0.4 is 5.32 Å². The number of carbonyl (C=O) groups is 2. The van der Waals surface area contributed by atoms with Crippen LogP contribution >= 0.6 is 0 Å². The number of amides is 1. The number of nitrogens with one attached hydrogen (secondary N) is 1. The largest absolute Gasteiger partial charge is 0.480 e. The molecule has 2 saturated carbocycles. The Morgan fingerprint density at radius 1 is 1.39 bits per heavy atom. The molecule has 0 aromatic carbocycles. The molecule has 0 bridgehead atoms. The molecule has 2 aliphatic rings. The van der Waals surface area contributed by atoms with Gasteiger partial charge in [-0.1, -0.05) is 0 Å². The summed E-state index contributed by atoms with van der Waals surface area (Å²) in [5.41, 5.74) is 1.16. The van der Waals surface area contributed by atoms with Gasteiger partial charge in [-0.2, -0.15) is 0 Å². The van der Waals surface area contributed by atoms with Gasteiger partial charge in [0.15, 0.2) is 0 Å². The molecule has 7 heteroatoms. The van der Waals surface area contributed by atoms with Gasteiger partial charge in [-0.05, 0) is 38.5 Å². The highest BCUT2D eigenvalue weighted by atomic mass is 16.4. The highest BCUT2D eigenvalue weighted by molar-refractivity contribution is 5.95. The van der Waals surface area contributed by atoms with E-state index in [9.17, 15) is 9.59 Å². The summed E-state index contributed by atoms with van der Waals surface area (Å²) in [6, 6.07) is 0.354. The second kappa shape index (κ2) is 6.62. The number of nitrogens with zero attached hydrogens (tertiary/aromatic N) is 3. The fourth-order valence-electron chi connectivity index (χ4n) is 3.03. The molecule has 7 nitrogen and oxygen atoms in total. The number of carboxylic acids is 1. The molecule has 1 aromatic heterocycles. The van der Waals surface area contributed by atoms with Gasteiger partial charge < -0.3 is 10.4 Å². The van der Waals surface area contributed by atoms with Crippen molar-refractivity contribution in [2.75, 3.05) is 13.1 Å². The van der Waals surface area contributed by atoms with Gasteiger partial charge in [-0.3, -0.25) is 14.5 Å². The Morgan fingerprint density at radius 2 is 2.13 bits per heavy atom. The first-order valence-electron chi connectivity index (χ1n) is 8.06. The molecule has 1 aromatic rings. The molecule has 0 atom stereocenters. The summed E-state index contributed by atoms with van der Waals surface area (Å²) < 4.78 is 0. The lowest BCUT2D eigenvalue weighted by Gasteiger charge is -2.42. The molecule has 0 aliphatic heterocycles. The van der Waals surface area contributed by atoms with E-state index in [2.05, 4.69) is 20.2 Å². The smallest absolute Gasteiger partial charge is 0.317 e. The number of aryl methyl sites for hydroxylation is 1. The predicted octanol–water partition coefficient (Wildman–Crippen LogP) is 0.842. The fraction of sp³-hybridized carbons (Fsp3) is 0.625. The topological polar surface area (TPSA) is 95.4 Å². The average Bonchev–Trinajstić information content (AvgIpc) is 3.25. The van der Waals surface area contributed by atoms with Crippen molar-refractivity contribution < 1.29 is 14.7 Å². The zero-order valence-corrected chi connectivity index (χ0v) is 13.2. The second-order valence-corrected chi connectivity index (χ2v) is 6.58. The summed E-state index contributed by atoms with van der Waals surface area (Å²) in [4.78, 5) is 33.2. The van der Waals surface area contributed by atoms with Crippen LogP contribution in [0.15, 0.2) is 12.5 Å². The number of rotatable bonds is 7. The van der Waals surface area contributed by atoms with E-state index in [0.29, 0.717) is 17.2 Å². The van der Waals surface area contributed by atoms with Gasteiger partial charge in [-0.15, -0.1) is 0 Å². The minimum absolute atomic E-state index is 0.0907. The maximum atomic E-state index is 12.2. The van der Waals surface area contributed by atoms with Crippen LogP contribution in [0.1, 0.15) is 41.7 Å². The highest BCUT2D eigenvalue weighted by Gasteiger charge is 2.37. The molecule has 0 saturated heterocycles. The summed E-state index contributed by atoms with van der Waals surface area (Å²) in [5.74, 6) is -0.277. The standard InChI is InChI=1S/C16H22N4O3/c1-10-14(6-17-9-18-10)16(23)19-12-4-13(5-12)20(8-15(21)22)7-11-2-3-11/h6,9,11-13H,2-5,7-8H2,1H3,(H,19,23)(H,21,22). The van der Waals surface area contributed by atoms with E-state index in [4.69, 9.17) is 5.11 Å². The molecule has 0 spiro atoms. The molecule has 1 amide bonds. The minimum atomic E-state index is -0.782. The van der Waals surface area contributed by atoms with Crippen LogP contribution in [-0.4, -0.2) is 57.0 Å². The van der Waals surface area contributed by atoms with E-state index in [0.717, 1.165) is 19.4 Å². The highest BCUT2D eigenvalue weighted by Crippen LogP contribution is 2.33. The molecular weight excluding hydrogens is 296 g/mol. The van der Waals surface area contributed by atoms with E-state index in [1.165, 1.54) is 25.4 Å². The normalized spacial score (nSPS) is 23.4. The van der Waals surface area contributed by atoms with Crippen LogP contribution in [0.5, 0.6) is 0 Å². The van der Waals surface area contributed by atoms with E-state index in [1.807, 2.05) is 0 Å².